The molecule has 0 amide bonds. The Bertz CT molecular complexity index is 2300. The van der Waals surface area contributed by atoms with E-state index in [1.54, 1.807) is 0 Å². The Morgan fingerprint density at radius 1 is 0.395 bits per heavy atom. The minimum atomic E-state index is -0.921. The van der Waals surface area contributed by atoms with Crippen LogP contribution in [-0.2, 0) is 108 Å². The third kappa shape index (κ3) is 15.7. The minimum absolute atomic E-state index is 0.202. The van der Waals surface area contributed by atoms with Gasteiger partial charge < -0.3 is 85.3 Å². The third-order valence-corrected chi connectivity index (χ3v) is 19.0. The van der Waals surface area contributed by atoms with E-state index in [1.165, 1.54) is 13.8 Å². The van der Waals surface area contributed by atoms with Crippen molar-refractivity contribution in [2.24, 2.45) is 47.3 Å². The first kappa shape index (κ1) is 67.1. The van der Waals surface area contributed by atoms with Crippen molar-refractivity contribution < 1.29 is 94.9 Å². The topological polar surface area (TPSA) is 200 Å². The summed E-state index contributed by atoms with van der Waals surface area (Å²) in [5, 5.41) is 0. The lowest BCUT2D eigenvalue weighted by Crippen LogP contribution is -2.62. The Hall–Kier alpha value is -3.26. The zero-order valence-corrected chi connectivity index (χ0v) is 53.9. The molecule has 20 heteroatoms. The highest BCUT2D eigenvalue weighted by Gasteiger charge is 2.60. The molecule has 10 unspecified atom stereocenters. The normalized spacial score (nSPS) is 44.5. The van der Waals surface area contributed by atoms with Gasteiger partial charge in [0.25, 0.3) is 0 Å². The van der Waals surface area contributed by atoms with Crippen molar-refractivity contribution in [1.82, 2.24) is 0 Å². The van der Waals surface area contributed by atoms with Gasteiger partial charge in [0.2, 0.25) is 0 Å². The molecule has 20 nitrogen and oxygen atoms in total. The van der Waals surface area contributed by atoms with Gasteiger partial charge in [-0.05, 0) is 90.2 Å². The number of hydrogen-bond acceptors (Lipinski definition) is 20. The van der Waals surface area contributed by atoms with Gasteiger partial charge in [-0.15, -0.1) is 0 Å². The Labute approximate surface area is 510 Å². The number of ether oxygens (including phenoxy) is 18. The number of hydrogen-bond donors (Lipinski definition) is 0. The van der Waals surface area contributed by atoms with Gasteiger partial charge in [0.15, 0.2) is 61.5 Å². The fourth-order valence-corrected chi connectivity index (χ4v) is 13.4. The summed E-state index contributed by atoms with van der Waals surface area (Å²) < 4.78 is 114. The summed E-state index contributed by atoms with van der Waals surface area (Å²) >= 11 is 0. The highest BCUT2D eigenvalue weighted by Crippen LogP contribution is 2.45. The van der Waals surface area contributed by atoms with Crippen molar-refractivity contribution >= 4 is 11.9 Å². The summed E-state index contributed by atoms with van der Waals surface area (Å²) in [7, 11) is 0. The van der Waals surface area contributed by atoms with E-state index >= 15 is 0 Å². The highest BCUT2D eigenvalue weighted by molar-refractivity contribution is 5.66. The molecular formula is C66H100O20. The predicted octanol–water partition coefficient (Wildman–Crippen LogP) is 9.63. The maximum absolute atomic E-state index is 12.3. The smallest absolute Gasteiger partial charge is 0.303 e. The van der Waals surface area contributed by atoms with Crippen molar-refractivity contribution in [1.29, 1.82) is 0 Å². The van der Waals surface area contributed by atoms with Crippen molar-refractivity contribution in [3.05, 3.63) is 71.8 Å². The average molecular weight is 1210 g/mol. The number of carbonyl (C=O) groups is 2. The summed E-state index contributed by atoms with van der Waals surface area (Å²) in [6, 6.07) is 19.7. The molecule has 0 saturated carbocycles. The Morgan fingerprint density at radius 3 is 1.07 bits per heavy atom. The fraction of sp³-hybridized carbons (Fsp3) is 0.788. The lowest BCUT2D eigenvalue weighted by molar-refractivity contribution is -0.362. The Balaban J connectivity index is 0.000000205. The number of carbonyl (C=O) groups excluding carboxylic acids is 2. The van der Waals surface area contributed by atoms with E-state index in [9.17, 15) is 9.59 Å². The molecule has 8 aliphatic rings. The molecule has 2 aromatic carbocycles. The molecule has 0 aliphatic carbocycles. The van der Waals surface area contributed by atoms with Gasteiger partial charge in [0.1, 0.15) is 36.6 Å². The molecule has 0 bridgehead atoms. The van der Waals surface area contributed by atoms with E-state index in [0.717, 1.165) is 11.1 Å². The van der Waals surface area contributed by atoms with Crippen LogP contribution in [0, 0.1) is 47.3 Å². The van der Waals surface area contributed by atoms with Crippen LogP contribution in [0.4, 0.5) is 0 Å². The second-order valence-electron chi connectivity index (χ2n) is 26.6. The number of fused-ring (bicyclic) bond motifs is 2. The minimum Gasteiger partial charge on any atom is -0.457 e. The molecular weight excluding hydrogens is 1110 g/mol. The fourth-order valence-electron chi connectivity index (χ4n) is 13.4. The second-order valence-corrected chi connectivity index (χ2v) is 26.6. The molecule has 8 fully saturated rings. The van der Waals surface area contributed by atoms with E-state index in [4.69, 9.17) is 85.3 Å². The summed E-state index contributed by atoms with van der Waals surface area (Å²) in [6.45, 7) is 37.1. The van der Waals surface area contributed by atoms with Crippen LogP contribution in [0.2, 0.25) is 0 Å². The second kappa shape index (κ2) is 28.5. The van der Waals surface area contributed by atoms with Gasteiger partial charge in [-0.1, -0.05) is 116 Å². The van der Waals surface area contributed by atoms with Crippen LogP contribution in [-0.4, -0.2) is 160 Å². The van der Waals surface area contributed by atoms with Gasteiger partial charge in [-0.2, -0.15) is 0 Å². The van der Waals surface area contributed by atoms with Crippen LogP contribution < -0.4 is 0 Å². The van der Waals surface area contributed by atoms with Gasteiger partial charge in [0, 0.05) is 37.5 Å². The first-order valence-corrected chi connectivity index (χ1v) is 31.5. The average Bonchev–Trinajstić information content (AvgIpc) is 1.83. The highest BCUT2D eigenvalue weighted by atomic mass is 16.8. The van der Waals surface area contributed by atoms with Crippen LogP contribution in [0.15, 0.2) is 60.7 Å². The maximum Gasteiger partial charge on any atom is 0.303 e. The van der Waals surface area contributed by atoms with E-state index in [0.29, 0.717) is 50.1 Å². The van der Waals surface area contributed by atoms with Crippen LogP contribution in [0.5, 0.6) is 0 Å². The standard InChI is InChI=1S/2C33H50O10/c2*1-17-15-35-30(19(3)18(17)2)40-25-20(4)26(39-23(7)34)32(38-21(25)5)41-29-28-27(42-33(8,9)43-28)22(6)37-31(29)36-16-24-13-11-10-12-14-24/h2*10-14,17-22,25-32H,15-16H2,1-9H3/t2*17-,18+,19?,20+,21?,22?,25-,26?,27+,28+,29?,30+,31+,32+/m11/s1. The molecule has 86 heavy (non-hydrogen) atoms. The van der Waals surface area contributed by atoms with Gasteiger partial charge in [-0.25, -0.2) is 0 Å². The molecule has 0 radical (unpaired) electrons. The van der Waals surface area contributed by atoms with Crippen LogP contribution in [0.1, 0.15) is 136 Å². The Kier molecular flexibility index (Phi) is 22.2. The van der Waals surface area contributed by atoms with Gasteiger partial charge in [-0.3, -0.25) is 9.59 Å². The van der Waals surface area contributed by atoms with Crippen molar-refractivity contribution in [2.75, 3.05) is 13.2 Å². The molecule has 2 aromatic rings. The molecule has 10 rings (SSSR count). The number of esters is 2. The van der Waals surface area contributed by atoms with Crippen molar-refractivity contribution in [3.8, 4) is 0 Å². The quantitative estimate of drug-likeness (QED) is 0.144. The molecule has 8 aliphatic heterocycles. The lowest BCUT2D eigenvalue weighted by atomic mass is 9.82. The van der Waals surface area contributed by atoms with E-state index in [-0.39, 0.29) is 85.1 Å². The van der Waals surface area contributed by atoms with Crippen LogP contribution in [0.3, 0.4) is 0 Å². The van der Waals surface area contributed by atoms with Crippen LogP contribution >= 0.6 is 0 Å². The molecule has 0 spiro atoms. The summed E-state index contributed by atoms with van der Waals surface area (Å²) in [5.41, 5.74) is 2.00. The van der Waals surface area contributed by atoms with Gasteiger partial charge >= 0.3 is 11.9 Å². The summed E-state index contributed by atoms with van der Waals surface area (Å²) in [5.74, 6) is -0.865. The SMILES string of the molecule is CC(=O)OC1[C@H](OC2[C@@H](OCc3ccccc3)OC(C)[C@@H]3OC(C)(C)O[C@H]23)OC(C)[C@H](O[C@@H]2OC[C@@H](C)[C@H](C)C2C)[C@@H]1C.CC(=O)OC1[C@H](OC2[C@@H](OCc3ccccc3)OC(C)[C@@H]3OC(C)(C)O[C@H]23)OC(C)[C@H](O[C@@H]2OC[C@@H](C)[C@H](C)C2C)[C@@H]1C. The van der Waals surface area contributed by atoms with E-state index < -0.39 is 85.3 Å². The molecule has 8 heterocycles. The first-order chi connectivity index (χ1) is 40.7. The van der Waals surface area contributed by atoms with Crippen molar-refractivity contribution in [2.45, 2.75) is 273 Å². The van der Waals surface area contributed by atoms with Crippen molar-refractivity contribution in [3.63, 3.8) is 0 Å². The Morgan fingerprint density at radius 2 is 0.721 bits per heavy atom. The predicted molar refractivity (Wildman–Crippen MR) is 311 cm³/mol. The van der Waals surface area contributed by atoms with Crippen LogP contribution in [0.25, 0.3) is 0 Å². The molecule has 28 atom stereocenters. The lowest BCUT2D eigenvalue weighted by Gasteiger charge is -2.48. The number of rotatable bonds is 16. The van der Waals surface area contributed by atoms with E-state index in [1.807, 2.05) is 130 Å². The number of benzene rings is 2. The monoisotopic (exact) mass is 1210 g/mol. The molecule has 8 saturated heterocycles. The zero-order valence-electron chi connectivity index (χ0n) is 53.9. The van der Waals surface area contributed by atoms with E-state index in [2.05, 4.69) is 41.5 Å². The first-order valence-electron chi connectivity index (χ1n) is 31.5. The summed E-state index contributed by atoms with van der Waals surface area (Å²) in [4.78, 5) is 24.7. The summed E-state index contributed by atoms with van der Waals surface area (Å²) in [6.07, 6.45) is -11.0. The van der Waals surface area contributed by atoms with Gasteiger partial charge in [0.05, 0.1) is 63.1 Å². The molecule has 484 valence electrons. The zero-order chi connectivity index (χ0) is 62.1. The molecule has 0 aromatic heterocycles. The largest absolute Gasteiger partial charge is 0.457 e. The third-order valence-electron chi connectivity index (χ3n) is 19.0. The molecule has 0 N–H and O–H groups in total. The maximum atomic E-state index is 12.3.